The lowest BCUT2D eigenvalue weighted by atomic mass is 9.93. The standard InChI is InChI=1S/C19H34O3Si/c1-13-14(16(20)22-17(21-13)19(5,6)7)11-12-15(18(2,3)4)23(8,9)10/h11,13-14,17H,1-10H3/t12?,13-,14-,17-/m1/s1. The molecule has 1 aliphatic heterocycles. The Morgan fingerprint density at radius 3 is 2.00 bits per heavy atom. The number of hydrogen-bond donors (Lipinski definition) is 0. The number of hydrogen-bond acceptors (Lipinski definition) is 3. The van der Waals surface area contributed by atoms with Crippen LogP contribution in [0.4, 0.5) is 0 Å². The minimum atomic E-state index is -1.51. The van der Waals surface area contributed by atoms with Gasteiger partial charge in [0.25, 0.3) is 0 Å². The first-order valence-electron chi connectivity index (χ1n) is 8.48. The van der Waals surface area contributed by atoms with Crippen molar-refractivity contribution in [3.63, 3.8) is 0 Å². The van der Waals surface area contributed by atoms with Gasteiger partial charge in [0.05, 0.1) is 14.2 Å². The Hall–Kier alpha value is -0.833. The van der Waals surface area contributed by atoms with Gasteiger partial charge >= 0.3 is 5.97 Å². The van der Waals surface area contributed by atoms with Crippen LogP contribution in [0.1, 0.15) is 48.5 Å². The summed E-state index contributed by atoms with van der Waals surface area (Å²) in [7, 11) is -1.51. The highest BCUT2D eigenvalue weighted by atomic mass is 28.3. The molecule has 0 saturated carbocycles. The van der Waals surface area contributed by atoms with Crippen molar-refractivity contribution < 1.29 is 14.3 Å². The Bertz CT molecular complexity index is 492. The SMILES string of the molecule is C[C@H]1O[C@@H](C(C)(C)C)OC(=O)[C@@H]1C=C=C(C(C)(C)C)[Si](C)(C)C. The number of carbonyl (C=O) groups excluding carboxylic acids is 1. The van der Waals surface area contributed by atoms with Crippen molar-refractivity contribution >= 4 is 14.0 Å². The van der Waals surface area contributed by atoms with Gasteiger partial charge in [-0.1, -0.05) is 61.2 Å². The maximum Gasteiger partial charge on any atom is 0.318 e. The molecule has 3 atom stereocenters. The molecular formula is C19H34O3Si. The molecule has 0 aromatic heterocycles. The molecule has 0 unspecified atom stereocenters. The second-order valence-electron chi connectivity index (χ2n) is 9.69. The molecule has 0 bridgehead atoms. The summed E-state index contributed by atoms with van der Waals surface area (Å²) in [6.45, 7) is 21.5. The van der Waals surface area contributed by atoms with E-state index in [4.69, 9.17) is 9.47 Å². The van der Waals surface area contributed by atoms with Gasteiger partial charge in [0, 0.05) is 5.41 Å². The average Bonchev–Trinajstić information content (AvgIpc) is 2.27. The number of carbonyl (C=O) groups is 1. The van der Waals surface area contributed by atoms with Crippen LogP contribution in [0, 0.1) is 16.7 Å². The van der Waals surface area contributed by atoms with E-state index in [-0.39, 0.29) is 28.8 Å². The van der Waals surface area contributed by atoms with Gasteiger partial charge in [-0.25, -0.2) is 0 Å². The van der Waals surface area contributed by atoms with E-state index in [2.05, 4.69) is 46.1 Å². The van der Waals surface area contributed by atoms with Gasteiger partial charge < -0.3 is 9.47 Å². The van der Waals surface area contributed by atoms with Gasteiger partial charge in [0.2, 0.25) is 6.29 Å². The summed E-state index contributed by atoms with van der Waals surface area (Å²) in [4.78, 5) is 12.4. The van der Waals surface area contributed by atoms with Crippen LogP contribution in [-0.2, 0) is 14.3 Å². The average molecular weight is 339 g/mol. The molecule has 0 amide bonds. The lowest BCUT2D eigenvalue weighted by molar-refractivity contribution is -0.249. The molecular weight excluding hydrogens is 304 g/mol. The van der Waals surface area contributed by atoms with Crippen LogP contribution in [0.5, 0.6) is 0 Å². The van der Waals surface area contributed by atoms with Crippen molar-refractivity contribution in [3.8, 4) is 0 Å². The number of ether oxygens (including phenoxy) is 2. The molecule has 1 rings (SSSR count). The second-order valence-corrected chi connectivity index (χ2v) is 14.7. The van der Waals surface area contributed by atoms with Crippen LogP contribution in [0.3, 0.4) is 0 Å². The largest absolute Gasteiger partial charge is 0.435 e. The predicted molar refractivity (Wildman–Crippen MR) is 97.8 cm³/mol. The van der Waals surface area contributed by atoms with Gasteiger partial charge in [0.1, 0.15) is 5.92 Å². The van der Waals surface area contributed by atoms with Gasteiger partial charge in [-0.3, -0.25) is 4.79 Å². The fraction of sp³-hybridized carbons (Fsp3) is 0.789. The molecule has 132 valence electrons. The maximum absolute atomic E-state index is 12.4. The van der Waals surface area contributed by atoms with E-state index in [1.54, 1.807) is 0 Å². The fourth-order valence-corrected chi connectivity index (χ4v) is 5.77. The molecule has 0 aromatic rings. The number of esters is 1. The first kappa shape index (κ1) is 20.2. The quantitative estimate of drug-likeness (QED) is 0.406. The van der Waals surface area contributed by atoms with Gasteiger partial charge in [-0.15, -0.1) is 5.73 Å². The van der Waals surface area contributed by atoms with E-state index in [0.29, 0.717) is 0 Å². The molecule has 4 heteroatoms. The molecule has 0 spiro atoms. The summed E-state index contributed by atoms with van der Waals surface area (Å²) in [5.74, 6) is -0.595. The van der Waals surface area contributed by atoms with E-state index in [1.807, 2.05) is 33.8 Å². The Kier molecular flexibility index (Phi) is 5.78. The smallest absolute Gasteiger partial charge is 0.318 e. The Morgan fingerprint density at radius 1 is 1.13 bits per heavy atom. The molecule has 1 aliphatic rings. The summed E-state index contributed by atoms with van der Waals surface area (Å²) >= 11 is 0. The van der Waals surface area contributed by atoms with Crippen LogP contribution in [0.15, 0.2) is 17.0 Å². The molecule has 0 radical (unpaired) electrons. The Morgan fingerprint density at radius 2 is 1.65 bits per heavy atom. The van der Waals surface area contributed by atoms with Crippen molar-refractivity contribution in [1.82, 2.24) is 0 Å². The Labute approximate surface area is 143 Å². The van der Waals surface area contributed by atoms with Crippen LogP contribution in [0.2, 0.25) is 19.6 Å². The van der Waals surface area contributed by atoms with Crippen molar-refractivity contribution in [2.24, 2.45) is 16.7 Å². The third-order valence-corrected chi connectivity index (χ3v) is 6.35. The zero-order valence-corrected chi connectivity index (χ0v) is 17.5. The molecule has 1 heterocycles. The molecule has 0 N–H and O–H groups in total. The maximum atomic E-state index is 12.4. The highest BCUT2D eigenvalue weighted by molar-refractivity contribution is 6.83. The third-order valence-electron chi connectivity index (χ3n) is 3.95. The first-order valence-corrected chi connectivity index (χ1v) is 12.0. The molecule has 0 aliphatic carbocycles. The summed E-state index contributed by atoms with van der Waals surface area (Å²) in [6, 6.07) is 0. The monoisotopic (exact) mass is 338 g/mol. The van der Waals surface area contributed by atoms with Crippen molar-refractivity contribution in [2.75, 3.05) is 0 Å². The molecule has 0 aromatic carbocycles. The van der Waals surface area contributed by atoms with Gasteiger partial charge in [0.15, 0.2) is 0 Å². The van der Waals surface area contributed by atoms with Crippen LogP contribution in [0.25, 0.3) is 0 Å². The van der Waals surface area contributed by atoms with Crippen molar-refractivity contribution in [1.29, 1.82) is 0 Å². The first-order chi connectivity index (χ1) is 10.1. The summed E-state index contributed by atoms with van der Waals surface area (Å²) in [6.07, 6.45) is 1.18. The predicted octanol–water partition coefficient (Wildman–Crippen LogP) is 4.94. The highest BCUT2D eigenvalue weighted by Crippen LogP contribution is 2.34. The minimum Gasteiger partial charge on any atom is -0.435 e. The van der Waals surface area contributed by atoms with E-state index >= 15 is 0 Å². The summed E-state index contributed by atoms with van der Waals surface area (Å²) in [5, 5.41) is 1.32. The van der Waals surface area contributed by atoms with E-state index in [0.717, 1.165) is 0 Å². The fourth-order valence-electron chi connectivity index (χ4n) is 3.00. The lowest BCUT2D eigenvalue weighted by Crippen LogP contribution is -2.46. The molecule has 1 saturated heterocycles. The highest BCUT2D eigenvalue weighted by Gasteiger charge is 2.41. The molecule has 1 fully saturated rings. The summed E-state index contributed by atoms with van der Waals surface area (Å²) < 4.78 is 11.4. The second kappa shape index (κ2) is 6.58. The van der Waals surface area contributed by atoms with Crippen LogP contribution < -0.4 is 0 Å². The van der Waals surface area contributed by atoms with E-state index in [9.17, 15) is 4.79 Å². The third kappa shape index (κ3) is 5.34. The van der Waals surface area contributed by atoms with E-state index < -0.39 is 14.4 Å². The molecule has 23 heavy (non-hydrogen) atoms. The number of cyclic esters (lactones) is 1. The van der Waals surface area contributed by atoms with Crippen LogP contribution in [-0.4, -0.2) is 26.4 Å². The van der Waals surface area contributed by atoms with Gasteiger partial charge in [-0.2, -0.15) is 0 Å². The molecule has 3 nitrogen and oxygen atoms in total. The number of rotatable bonds is 2. The van der Waals surface area contributed by atoms with Crippen molar-refractivity contribution in [2.45, 2.75) is 80.5 Å². The zero-order valence-electron chi connectivity index (χ0n) is 16.5. The topological polar surface area (TPSA) is 35.5 Å². The zero-order chi connectivity index (χ0) is 18.2. The lowest BCUT2D eigenvalue weighted by Gasteiger charge is -2.38. The Balaban J connectivity index is 3.13. The normalized spacial score (nSPS) is 26.3. The van der Waals surface area contributed by atoms with Crippen LogP contribution >= 0.6 is 0 Å². The van der Waals surface area contributed by atoms with Gasteiger partial charge in [-0.05, 0) is 23.6 Å². The van der Waals surface area contributed by atoms with Crippen molar-refractivity contribution in [3.05, 3.63) is 17.0 Å². The minimum absolute atomic E-state index is 0.0532. The summed E-state index contributed by atoms with van der Waals surface area (Å²) in [5.41, 5.74) is 3.29. The van der Waals surface area contributed by atoms with E-state index in [1.165, 1.54) is 5.20 Å².